The summed E-state index contributed by atoms with van der Waals surface area (Å²) >= 11 is 2.90. The highest BCUT2D eigenvalue weighted by atomic mass is 32.2. The lowest BCUT2D eigenvalue weighted by Gasteiger charge is -2.15. The minimum atomic E-state index is 0.128. The fraction of sp³-hybridized carbons (Fsp3) is 0.583. The Morgan fingerprint density at radius 1 is 1.67 bits per heavy atom. The van der Waals surface area contributed by atoms with E-state index in [1.165, 1.54) is 11.8 Å². The van der Waals surface area contributed by atoms with Crippen LogP contribution >= 0.6 is 23.1 Å². The first-order valence-electron chi connectivity index (χ1n) is 5.93. The van der Waals surface area contributed by atoms with Crippen LogP contribution in [0, 0.1) is 5.92 Å². The van der Waals surface area contributed by atoms with Crippen LogP contribution in [0.5, 0.6) is 0 Å². The average Bonchev–Trinajstić information content (AvgIpc) is 2.93. The van der Waals surface area contributed by atoms with Gasteiger partial charge in [0, 0.05) is 44.0 Å². The normalized spacial score (nSPS) is 19.5. The van der Waals surface area contributed by atoms with E-state index in [-0.39, 0.29) is 11.0 Å². The van der Waals surface area contributed by atoms with Crippen molar-refractivity contribution in [1.29, 1.82) is 0 Å². The molecule has 1 aliphatic heterocycles. The maximum atomic E-state index is 11.8. The first-order valence-corrected chi connectivity index (χ1v) is 7.86. The Labute approximate surface area is 115 Å². The highest BCUT2D eigenvalue weighted by Crippen LogP contribution is 2.22. The van der Waals surface area contributed by atoms with Crippen molar-refractivity contribution in [3.05, 3.63) is 16.6 Å². The third kappa shape index (κ3) is 3.81. The number of amides is 1. The second-order valence-corrected chi connectivity index (χ2v) is 6.36. The van der Waals surface area contributed by atoms with Gasteiger partial charge in [-0.15, -0.1) is 11.3 Å². The molecule has 1 saturated heterocycles. The molecule has 0 saturated carbocycles. The lowest BCUT2D eigenvalue weighted by Crippen LogP contribution is -2.27. The summed E-state index contributed by atoms with van der Waals surface area (Å²) in [6.45, 7) is 3.09. The number of likely N-dealkylation sites (tertiary alicyclic amines) is 1. The summed E-state index contributed by atoms with van der Waals surface area (Å²) < 4.78 is 0. The highest BCUT2D eigenvalue weighted by Gasteiger charge is 2.29. The van der Waals surface area contributed by atoms with Crippen molar-refractivity contribution in [1.82, 2.24) is 9.88 Å². The Morgan fingerprint density at radius 3 is 3.17 bits per heavy atom. The van der Waals surface area contributed by atoms with Crippen molar-refractivity contribution in [2.75, 3.05) is 18.8 Å². The van der Waals surface area contributed by atoms with Gasteiger partial charge in [-0.3, -0.25) is 9.59 Å². The second kappa shape index (κ2) is 6.33. The van der Waals surface area contributed by atoms with E-state index >= 15 is 0 Å². The molecule has 0 spiro atoms. The molecule has 2 heterocycles. The molecule has 1 aromatic rings. The SMILES string of the molecule is CC(=O)SCC1CC(=O)N(CCc2cscn2)C1. The monoisotopic (exact) mass is 284 g/mol. The second-order valence-electron chi connectivity index (χ2n) is 4.44. The van der Waals surface area contributed by atoms with Gasteiger partial charge < -0.3 is 4.90 Å². The summed E-state index contributed by atoms with van der Waals surface area (Å²) in [7, 11) is 0. The Balaban J connectivity index is 1.76. The summed E-state index contributed by atoms with van der Waals surface area (Å²) in [4.78, 5) is 28.8. The van der Waals surface area contributed by atoms with Crippen molar-refractivity contribution in [2.24, 2.45) is 5.92 Å². The van der Waals surface area contributed by atoms with Gasteiger partial charge >= 0.3 is 0 Å². The van der Waals surface area contributed by atoms with E-state index in [1.807, 2.05) is 15.8 Å². The third-order valence-electron chi connectivity index (χ3n) is 2.94. The molecule has 1 amide bonds. The van der Waals surface area contributed by atoms with Gasteiger partial charge in [-0.1, -0.05) is 11.8 Å². The number of thioether (sulfide) groups is 1. The molecule has 1 atom stereocenters. The molecule has 1 aromatic heterocycles. The summed E-state index contributed by atoms with van der Waals surface area (Å²) in [5, 5.41) is 2.15. The standard InChI is InChI=1S/C12H16N2O2S2/c1-9(15)18-6-10-4-12(16)14(5-10)3-2-11-7-17-8-13-11/h7-8,10H,2-6H2,1H3. The summed E-state index contributed by atoms with van der Waals surface area (Å²) in [5.41, 5.74) is 2.86. The van der Waals surface area contributed by atoms with Crippen LogP contribution in [0.2, 0.25) is 0 Å². The predicted molar refractivity (Wildman–Crippen MR) is 73.6 cm³/mol. The van der Waals surface area contributed by atoms with E-state index in [2.05, 4.69) is 4.98 Å². The maximum absolute atomic E-state index is 11.8. The fourth-order valence-corrected chi connectivity index (χ4v) is 3.31. The van der Waals surface area contributed by atoms with E-state index in [4.69, 9.17) is 0 Å². The van der Waals surface area contributed by atoms with Crippen molar-refractivity contribution >= 4 is 34.1 Å². The zero-order valence-electron chi connectivity index (χ0n) is 10.3. The molecule has 0 radical (unpaired) electrons. The average molecular weight is 284 g/mol. The molecule has 4 nitrogen and oxygen atoms in total. The Kier molecular flexibility index (Phi) is 4.77. The quantitative estimate of drug-likeness (QED) is 0.827. The van der Waals surface area contributed by atoms with E-state index in [0.29, 0.717) is 12.3 Å². The molecule has 1 aliphatic rings. The Morgan fingerprint density at radius 2 is 2.50 bits per heavy atom. The van der Waals surface area contributed by atoms with Crippen LogP contribution in [-0.2, 0) is 16.0 Å². The predicted octanol–water partition coefficient (Wildman–Crippen LogP) is 1.81. The molecule has 2 rings (SSSR count). The van der Waals surface area contributed by atoms with E-state index in [9.17, 15) is 9.59 Å². The van der Waals surface area contributed by atoms with E-state index in [1.54, 1.807) is 18.3 Å². The minimum Gasteiger partial charge on any atom is -0.342 e. The van der Waals surface area contributed by atoms with Crippen LogP contribution in [-0.4, -0.2) is 39.7 Å². The van der Waals surface area contributed by atoms with Crippen LogP contribution in [0.1, 0.15) is 19.0 Å². The summed E-state index contributed by atoms with van der Waals surface area (Å²) in [5.74, 6) is 1.29. The summed E-state index contributed by atoms with van der Waals surface area (Å²) in [6.07, 6.45) is 1.40. The number of nitrogens with zero attached hydrogens (tertiary/aromatic N) is 2. The van der Waals surface area contributed by atoms with Crippen molar-refractivity contribution in [3.63, 3.8) is 0 Å². The van der Waals surface area contributed by atoms with Gasteiger partial charge in [0.25, 0.3) is 0 Å². The molecule has 6 heteroatoms. The molecule has 0 N–H and O–H groups in total. The molecule has 1 fully saturated rings. The zero-order chi connectivity index (χ0) is 13.0. The van der Waals surface area contributed by atoms with Crippen molar-refractivity contribution < 1.29 is 9.59 Å². The largest absolute Gasteiger partial charge is 0.342 e. The maximum Gasteiger partial charge on any atom is 0.222 e. The van der Waals surface area contributed by atoms with Crippen LogP contribution in [0.25, 0.3) is 0 Å². The van der Waals surface area contributed by atoms with Crippen LogP contribution < -0.4 is 0 Å². The van der Waals surface area contributed by atoms with Crippen LogP contribution in [0.3, 0.4) is 0 Å². The number of hydrogen-bond acceptors (Lipinski definition) is 5. The van der Waals surface area contributed by atoms with Gasteiger partial charge in [0.05, 0.1) is 11.2 Å². The van der Waals surface area contributed by atoms with Gasteiger partial charge in [-0.2, -0.15) is 0 Å². The molecular weight excluding hydrogens is 268 g/mol. The first kappa shape index (κ1) is 13.5. The smallest absolute Gasteiger partial charge is 0.222 e. The number of thiazole rings is 1. The van der Waals surface area contributed by atoms with Gasteiger partial charge in [-0.25, -0.2) is 4.98 Å². The molecule has 0 aromatic carbocycles. The molecule has 0 bridgehead atoms. The van der Waals surface area contributed by atoms with Crippen LogP contribution in [0.15, 0.2) is 10.9 Å². The number of rotatable bonds is 5. The first-order chi connectivity index (χ1) is 8.65. The zero-order valence-corrected chi connectivity index (χ0v) is 11.9. The molecule has 1 unspecified atom stereocenters. The molecule has 98 valence electrons. The third-order valence-corrected chi connectivity index (χ3v) is 4.62. The molecular formula is C12H16N2O2S2. The van der Waals surface area contributed by atoms with Crippen molar-refractivity contribution in [2.45, 2.75) is 19.8 Å². The Bertz CT molecular complexity index is 420. The lowest BCUT2D eigenvalue weighted by atomic mass is 10.1. The number of aromatic nitrogens is 1. The minimum absolute atomic E-state index is 0.128. The lowest BCUT2D eigenvalue weighted by molar-refractivity contribution is -0.127. The fourth-order valence-electron chi connectivity index (χ4n) is 2.03. The Hall–Kier alpha value is -0.880. The van der Waals surface area contributed by atoms with Gasteiger partial charge in [0.15, 0.2) is 5.12 Å². The highest BCUT2D eigenvalue weighted by molar-refractivity contribution is 8.13. The van der Waals surface area contributed by atoms with Crippen LogP contribution in [0.4, 0.5) is 0 Å². The summed E-state index contributed by atoms with van der Waals surface area (Å²) in [6, 6.07) is 0. The number of hydrogen-bond donors (Lipinski definition) is 0. The van der Waals surface area contributed by atoms with Gasteiger partial charge in [-0.05, 0) is 5.92 Å². The number of carbonyl (C=O) groups is 2. The van der Waals surface area contributed by atoms with E-state index < -0.39 is 0 Å². The van der Waals surface area contributed by atoms with Gasteiger partial charge in [0.2, 0.25) is 5.91 Å². The molecule has 0 aliphatic carbocycles. The van der Waals surface area contributed by atoms with E-state index in [0.717, 1.165) is 31.0 Å². The topological polar surface area (TPSA) is 50.3 Å². The van der Waals surface area contributed by atoms with Crippen molar-refractivity contribution in [3.8, 4) is 0 Å². The number of carbonyl (C=O) groups excluding carboxylic acids is 2. The molecule has 18 heavy (non-hydrogen) atoms. The van der Waals surface area contributed by atoms with Gasteiger partial charge in [0.1, 0.15) is 0 Å².